The number of hydrazone groups is 1. The van der Waals surface area contributed by atoms with Gasteiger partial charge in [0.25, 0.3) is 11.8 Å². The van der Waals surface area contributed by atoms with Crippen LogP contribution in [-0.4, -0.2) is 40.0 Å². The lowest BCUT2D eigenvalue weighted by Crippen LogP contribution is -2.43. The summed E-state index contributed by atoms with van der Waals surface area (Å²) >= 11 is 1.51. The number of nitrogens with one attached hydrogen (secondary N) is 1. The zero-order valence-electron chi connectivity index (χ0n) is 18.6. The highest BCUT2D eigenvalue weighted by molar-refractivity contribution is 7.10. The summed E-state index contributed by atoms with van der Waals surface area (Å²) < 4.78 is 11.3. The number of amides is 4. The van der Waals surface area contributed by atoms with Crippen LogP contribution in [-0.2, 0) is 15.1 Å². The summed E-state index contributed by atoms with van der Waals surface area (Å²) in [5, 5.41) is 11.3. The van der Waals surface area contributed by atoms with E-state index in [9.17, 15) is 14.4 Å². The number of urea groups is 1. The molecule has 0 radical (unpaired) electrons. The zero-order valence-corrected chi connectivity index (χ0v) is 19.5. The molecule has 176 valence electrons. The van der Waals surface area contributed by atoms with E-state index in [-0.39, 0.29) is 6.04 Å². The molecule has 1 N–H and O–H groups in total. The van der Waals surface area contributed by atoms with Gasteiger partial charge in [0.1, 0.15) is 29.4 Å². The predicted octanol–water partition coefficient (Wildman–Crippen LogP) is 4.23. The molecule has 2 unspecified atom stereocenters. The molecule has 9 nitrogen and oxygen atoms in total. The maximum absolute atomic E-state index is 13.4. The van der Waals surface area contributed by atoms with Crippen molar-refractivity contribution in [2.75, 3.05) is 6.54 Å². The van der Waals surface area contributed by atoms with Crippen molar-refractivity contribution in [2.45, 2.75) is 24.9 Å². The van der Waals surface area contributed by atoms with Crippen molar-refractivity contribution in [3.05, 3.63) is 82.6 Å². The lowest BCUT2D eigenvalue weighted by Gasteiger charge is -2.23. The molecule has 5 heterocycles. The Labute approximate surface area is 203 Å². The fraction of sp³-hybridized carbons (Fsp3) is 0.200. The van der Waals surface area contributed by atoms with E-state index in [2.05, 4.69) is 10.4 Å². The Morgan fingerprint density at radius 2 is 2.06 bits per heavy atom. The lowest BCUT2D eigenvalue weighted by atomic mass is 9.99. The van der Waals surface area contributed by atoms with Gasteiger partial charge >= 0.3 is 6.03 Å². The van der Waals surface area contributed by atoms with Crippen LogP contribution in [0.5, 0.6) is 0 Å². The van der Waals surface area contributed by atoms with Gasteiger partial charge in [-0.1, -0.05) is 24.3 Å². The molecular weight excluding hydrogens is 468 g/mol. The van der Waals surface area contributed by atoms with Gasteiger partial charge in [0.2, 0.25) is 0 Å². The Morgan fingerprint density at radius 1 is 1.20 bits per heavy atom. The number of thiophene rings is 1. The highest BCUT2D eigenvalue weighted by atomic mass is 32.1. The summed E-state index contributed by atoms with van der Waals surface area (Å²) in [5.74, 6) is -0.142. The van der Waals surface area contributed by atoms with Crippen LogP contribution in [0.3, 0.4) is 0 Å². The Bertz CT molecular complexity index is 1440. The zero-order chi connectivity index (χ0) is 24.2. The average molecular weight is 489 g/mol. The molecule has 6 rings (SSSR count). The number of fused-ring (bicyclic) bond motifs is 1. The van der Waals surface area contributed by atoms with E-state index in [1.165, 1.54) is 16.3 Å². The molecule has 0 saturated carbocycles. The Hall–Kier alpha value is -4.18. The van der Waals surface area contributed by atoms with Crippen LogP contribution in [0.4, 0.5) is 4.79 Å². The number of carbonyl (C=O) groups excluding carboxylic acids is 3. The smallest absolute Gasteiger partial charge is 0.325 e. The van der Waals surface area contributed by atoms with Crippen LogP contribution < -0.4 is 5.32 Å². The Morgan fingerprint density at radius 3 is 2.80 bits per heavy atom. The minimum absolute atomic E-state index is 0.308. The Kier molecular flexibility index (Phi) is 4.85. The molecule has 1 saturated heterocycles. The van der Waals surface area contributed by atoms with Gasteiger partial charge < -0.3 is 14.2 Å². The largest absolute Gasteiger partial charge is 0.463 e. The quantitative estimate of drug-likeness (QED) is 0.423. The van der Waals surface area contributed by atoms with E-state index in [0.717, 1.165) is 15.2 Å². The van der Waals surface area contributed by atoms with Crippen LogP contribution in [0.1, 0.15) is 35.8 Å². The van der Waals surface area contributed by atoms with Gasteiger partial charge in [0, 0.05) is 16.7 Å². The standard InChI is InChI=1S/C25H20N4O5S/c1-25(21-12-15-6-2-3-7-18(15)34-21)23(31)28(24(32)26-25)14-22(30)29-17(20-9-5-11-35-20)13-16(27-29)19-8-4-10-33-19/h2-12,17H,13-14H2,1H3,(H,26,32). The van der Waals surface area contributed by atoms with Crippen molar-refractivity contribution in [1.82, 2.24) is 15.2 Å². The molecule has 0 spiro atoms. The molecule has 1 aromatic carbocycles. The predicted molar refractivity (Wildman–Crippen MR) is 128 cm³/mol. The SMILES string of the molecule is CC1(c2cc3ccccc3o2)NC(=O)N(CC(=O)N2N=C(c3ccco3)CC2c2cccs2)C1=O. The molecule has 2 atom stereocenters. The summed E-state index contributed by atoms with van der Waals surface area (Å²) in [6.45, 7) is 1.13. The Balaban J connectivity index is 1.27. The topological polar surface area (TPSA) is 108 Å². The first-order chi connectivity index (χ1) is 16.9. The molecular formula is C25H20N4O5S. The van der Waals surface area contributed by atoms with Gasteiger partial charge in [-0.2, -0.15) is 5.10 Å². The van der Waals surface area contributed by atoms with Crippen molar-refractivity contribution in [3.63, 3.8) is 0 Å². The molecule has 3 aromatic heterocycles. The first-order valence-electron chi connectivity index (χ1n) is 11.0. The molecule has 0 bridgehead atoms. The number of para-hydroxylation sites is 1. The van der Waals surface area contributed by atoms with Crippen LogP contribution in [0, 0.1) is 0 Å². The fourth-order valence-electron chi connectivity index (χ4n) is 4.48. The highest BCUT2D eigenvalue weighted by Crippen LogP contribution is 2.36. The van der Waals surface area contributed by atoms with E-state index in [4.69, 9.17) is 8.83 Å². The van der Waals surface area contributed by atoms with Crippen molar-refractivity contribution in [3.8, 4) is 0 Å². The van der Waals surface area contributed by atoms with Gasteiger partial charge in [-0.3, -0.25) is 14.5 Å². The lowest BCUT2D eigenvalue weighted by molar-refractivity contribution is -0.140. The second-order valence-corrected chi connectivity index (χ2v) is 9.57. The summed E-state index contributed by atoms with van der Waals surface area (Å²) in [4.78, 5) is 41.5. The summed E-state index contributed by atoms with van der Waals surface area (Å²) in [6, 6.07) is 15.5. The molecule has 0 aliphatic carbocycles. The second kappa shape index (κ2) is 7.95. The van der Waals surface area contributed by atoms with Gasteiger partial charge in [-0.05, 0) is 42.6 Å². The van der Waals surface area contributed by atoms with Gasteiger partial charge in [0.05, 0.1) is 12.3 Å². The third kappa shape index (κ3) is 3.45. The molecule has 2 aliphatic rings. The molecule has 1 fully saturated rings. The summed E-state index contributed by atoms with van der Waals surface area (Å²) in [5.41, 5.74) is -0.182. The maximum atomic E-state index is 13.4. The van der Waals surface area contributed by atoms with E-state index in [1.807, 2.05) is 35.7 Å². The third-order valence-electron chi connectivity index (χ3n) is 6.33. The van der Waals surface area contributed by atoms with Crippen LogP contribution >= 0.6 is 11.3 Å². The molecule has 10 heteroatoms. The number of carbonyl (C=O) groups is 3. The minimum atomic E-state index is -1.42. The minimum Gasteiger partial charge on any atom is -0.463 e. The van der Waals surface area contributed by atoms with Crippen LogP contribution in [0.2, 0.25) is 0 Å². The van der Waals surface area contributed by atoms with Gasteiger partial charge in [-0.15, -0.1) is 11.3 Å². The number of hydrogen-bond acceptors (Lipinski definition) is 7. The number of hydrogen-bond donors (Lipinski definition) is 1. The number of nitrogens with zero attached hydrogens (tertiary/aromatic N) is 3. The van der Waals surface area contributed by atoms with Gasteiger partial charge in [0.15, 0.2) is 5.54 Å². The normalized spacial score (nSPS) is 22.2. The van der Waals surface area contributed by atoms with Gasteiger partial charge in [-0.25, -0.2) is 9.80 Å². The first kappa shape index (κ1) is 21.4. The van der Waals surface area contributed by atoms with Crippen molar-refractivity contribution >= 4 is 45.9 Å². The second-order valence-electron chi connectivity index (χ2n) is 8.59. The number of benzene rings is 1. The van der Waals surface area contributed by atoms with E-state index >= 15 is 0 Å². The number of furan rings is 2. The molecule has 2 aliphatic heterocycles. The molecule has 4 amide bonds. The third-order valence-corrected chi connectivity index (χ3v) is 7.30. The molecule has 35 heavy (non-hydrogen) atoms. The summed E-state index contributed by atoms with van der Waals surface area (Å²) in [7, 11) is 0. The van der Waals surface area contributed by atoms with Crippen LogP contribution in [0.25, 0.3) is 11.0 Å². The van der Waals surface area contributed by atoms with E-state index in [1.54, 1.807) is 37.5 Å². The average Bonchev–Trinajstić information content (AvgIpc) is 3.67. The highest BCUT2D eigenvalue weighted by Gasteiger charge is 2.52. The molecule has 4 aromatic rings. The first-order valence-corrected chi connectivity index (χ1v) is 11.9. The number of imide groups is 1. The number of rotatable bonds is 5. The maximum Gasteiger partial charge on any atom is 0.325 e. The monoisotopic (exact) mass is 488 g/mol. The van der Waals surface area contributed by atoms with E-state index in [0.29, 0.717) is 29.2 Å². The van der Waals surface area contributed by atoms with Crippen molar-refractivity contribution in [1.29, 1.82) is 0 Å². The van der Waals surface area contributed by atoms with Crippen molar-refractivity contribution < 1.29 is 23.2 Å². The van der Waals surface area contributed by atoms with Crippen molar-refractivity contribution in [2.24, 2.45) is 5.10 Å². The summed E-state index contributed by atoms with van der Waals surface area (Å²) in [6.07, 6.45) is 2.02. The van der Waals surface area contributed by atoms with E-state index < -0.39 is 29.9 Å². The van der Waals surface area contributed by atoms with Crippen LogP contribution in [0.15, 0.2) is 80.2 Å². The fourth-order valence-corrected chi connectivity index (χ4v) is 5.29.